The van der Waals surface area contributed by atoms with E-state index in [1.807, 2.05) is 17.0 Å². The summed E-state index contributed by atoms with van der Waals surface area (Å²) in [5.74, 6) is 0.747. The molecule has 1 aromatic carbocycles. The Hall–Kier alpha value is -3.41. The van der Waals surface area contributed by atoms with Crippen LogP contribution >= 0.6 is 0 Å². The highest BCUT2D eigenvalue weighted by atomic mass is 16.2. The van der Waals surface area contributed by atoms with Crippen LogP contribution in [0.2, 0.25) is 0 Å². The van der Waals surface area contributed by atoms with Crippen LogP contribution in [-0.2, 0) is 35.0 Å². The first-order valence-electron chi connectivity index (χ1n) is 10.9. The Balaban J connectivity index is 1.24. The SMILES string of the molecule is Cn1c2c(c3ccccc31)CN(C(=O)C=Cc1cnc3c(c1)C1(CCC1)C(=O)N3)CC2. The van der Waals surface area contributed by atoms with Crippen molar-refractivity contribution >= 4 is 34.6 Å². The molecular formula is C25H24N4O2. The molecule has 1 aliphatic carbocycles. The van der Waals surface area contributed by atoms with Gasteiger partial charge in [-0.25, -0.2) is 4.98 Å². The van der Waals surface area contributed by atoms with Crippen LogP contribution in [-0.4, -0.2) is 32.8 Å². The van der Waals surface area contributed by atoms with E-state index in [-0.39, 0.29) is 11.8 Å². The molecule has 0 atom stereocenters. The maximum atomic E-state index is 13.0. The van der Waals surface area contributed by atoms with E-state index in [1.165, 1.54) is 22.2 Å². The molecule has 2 amide bonds. The normalized spacial score (nSPS) is 18.9. The molecule has 2 aliphatic heterocycles. The van der Waals surface area contributed by atoms with Gasteiger partial charge in [0.1, 0.15) is 5.82 Å². The molecule has 1 fully saturated rings. The second-order valence-corrected chi connectivity index (χ2v) is 8.90. The number of nitrogens with one attached hydrogen (secondary N) is 1. The van der Waals surface area contributed by atoms with Crippen LogP contribution in [0.3, 0.4) is 0 Å². The first-order chi connectivity index (χ1) is 15.1. The third-order valence-electron chi connectivity index (χ3n) is 7.34. The molecular weight excluding hydrogens is 388 g/mol. The maximum absolute atomic E-state index is 13.0. The van der Waals surface area contributed by atoms with E-state index in [4.69, 9.17) is 0 Å². The second kappa shape index (κ2) is 6.54. The summed E-state index contributed by atoms with van der Waals surface area (Å²) in [6.07, 6.45) is 8.86. The number of hydrogen-bond acceptors (Lipinski definition) is 3. The first-order valence-corrected chi connectivity index (χ1v) is 10.9. The van der Waals surface area contributed by atoms with Gasteiger partial charge in [0.25, 0.3) is 0 Å². The lowest BCUT2D eigenvalue weighted by Crippen LogP contribution is -2.40. The summed E-state index contributed by atoms with van der Waals surface area (Å²) < 4.78 is 2.25. The molecule has 2 aromatic heterocycles. The van der Waals surface area contributed by atoms with Gasteiger partial charge in [0.05, 0.1) is 5.41 Å². The van der Waals surface area contributed by atoms with Gasteiger partial charge in [0.2, 0.25) is 11.8 Å². The van der Waals surface area contributed by atoms with Gasteiger partial charge in [-0.2, -0.15) is 0 Å². The Morgan fingerprint density at radius 1 is 1.26 bits per heavy atom. The Morgan fingerprint density at radius 2 is 2.10 bits per heavy atom. The fourth-order valence-corrected chi connectivity index (χ4v) is 5.40. The van der Waals surface area contributed by atoms with Crippen LogP contribution in [0.25, 0.3) is 17.0 Å². The molecule has 1 spiro atoms. The lowest BCUT2D eigenvalue weighted by molar-refractivity contribution is -0.127. The zero-order valence-electron chi connectivity index (χ0n) is 17.5. The van der Waals surface area contributed by atoms with Gasteiger partial charge in [-0.05, 0) is 36.6 Å². The van der Waals surface area contributed by atoms with Crippen LogP contribution in [0.15, 0.2) is 42.6 Å². The van der Waals surface area contributed by atoms with Gasteiger partial charge in [0.15, 0.2) is 0 Å². The summed E-state index contributed by atoms with van der Waals surface area (Å²) in [6, 6.07) is 10.4. The number of aromatic nitrogens is 2. The van der Waals surface area contributed by atoms with Gasteiger partial charge >= 0.3 is 0 Å². The third kappa shape index (κ3) is 2.60. The van der Waals surface area contributed by atoms with Gasteiger partial charge in [-0.3, -0.25) is 9.59 Å². The number of benzene rings is 1. The zero-order valence-corrected chi connectivity index (χ0v) is 17.5. The smallest absolute Gasteiger partial charge is 0.246 e. The van der Waals surface area contributed by atoms with Crippen molar-refractivity contribution in [2.45, 2.75) is 37.6 Å². The van der Waals surface area contributed by atoms with Crippen molar-refractivity contribution in [1.82, 2.24) is 14.5 Å². The number of carbonyl (C=O) groups excluding carboxylic acids is 2. The highest BCUT2D eigenvalue weighted by molar-refractivity contribution is 6.06. The van der Waals surface area contributed by atoms with E-state index >= 15 is 0 Å². The van der Waals surface area contributed by atoms with Crippen molar-refractivity contribution in [1.29, 1.82) is 0 Å². The van der Waals surface area contributed by atoms with Crippen molar-refractivity contribution in [2.75, 3.05) is 11.9 Å². The van der Waals surface area contributed by atoms with E-state index in [0.717, 1.165) is 36.8 Å². The van der Waals surface area contributed by atoms with Crippen molar-refractivity contribution in [3.05, 3.63) is 65.0 Å². The summed E-state index contributed by atoms with van der Waals surface area (Å²) in [7, 11) is 2.11. The maximum Gasteiger partial charge on any atom is 0.246 e. The van der Waals surface area contributed by atoms with Gasteiger partial charge in [0, 0.05) is 66.6 Å². The lowest BCUT2D eigenvalue weighted by Gasteiger charge is -2.35. The van der Waals surface area contributed by atoms with Crippen molar-refractivity contribution in [3.8, 4) is 0 Å². The molecule has 0 unspecified atom stereocenters. The number of carbonyl (C=O) groups is 2. The standard InChI is InChI=1S/C25H24N4O2/c1-28-20-6-3-2-5-17(20)18-15-29(12-9-21(18)28)22(30)8-7-16-13-19-23(26-14-16)27-24(31)25(19)10-4-11-25/h2-3,5-8,13-14H,4,9-12,15H2,1H3,(H,26,27,31). The molecule has 3 aliphatic rings. The van der Waals surface area contributed by atoms with Crippen molar-refractivity contribution in [3.63, 3.8) is 0 Å². The minimum Gasteiger partial charge on any atom is -0.347 e. The lowest BCUT2D eigenvalue weighted by atomic mass is 9.65. The quantitative estimate of drug-likeness (QED) is 0.655. The van der Waals surface area contributed by atoms with Crippen LogP contribution in [0.5, 0.6) is 0 Å². The van der Waals surface area contributed by atoms with E-state index in [9.17, 15) is 9.59 Å². The number of rotatable bonds is 2. The summed E-state index contributed by atoms with van der Waals surface area (Å²) in [4.78, 5) is 31.7. The molecule has 3 aromatic rings. The molecule has 1 saturated carbocycles. The molecule has 4 heterocycles. The zero-order chi connectivity index (χ0) is 21.2. The molecule has 0 bridgehead atoms. The number of aryl methyl sites for hydroxylation is 1. The number of anilines is 1. The predicted molar refractivity (Wildman–Crippen MR) is 119 cm³/mol. The van der Waals surface area contributed by atoms with Gasteiger partial charge in [-0.1, -0.05) is 24.6 Å². The minimum absolute atomic E-state index is 0.00615. The Bertz CT molecular complexity index is 1280. The average Bonchev–Trinajstić information content (AvgIpc) is 3.22. The molecule has 0 saturated heterocycles. The highest BCUT2D eigenvalue weighted by Gasteiger charge is 2.51. The molecule has 6 nitrogen and oxygen atoms in total. The topological polar surface area (TPSA) is 67.2 Å². The van der Waals surface area contributed by atoms with E-state index in [2.05, 4.69) is 46.2 Å². The molecule has 31 heavy (non-hydrogen) atoms. The number of para-hydroxylation sites is 1. The summed E-state index contributed by atoms with van der Waals surface area (Å²) in [5.41, 5.74) is 5.24. The summed E-state index contributed by atoms with van der Waals surface area (Å²) in [5, 5.41) is 4.14. The third-order valence-corrected chi connectivity index (χ3v) is 7.34. The number of hydrogen-bond donors (Lipinski definition) is 1. The molecule has 6 heteroatoms. The number of nitrogens with zero attached hydrogens (tertiary/aromatic N) is 3. The van der Waals surface area contributed by atoms with Crippen LogP contribution in [0.1, 0.15) is 41.6 Å². The van der Waals surface area contributed by atoms with Crippen molar-refractivity contribution < 1.29 is 9.59 Å². The monoisotopic (exact) mass is 412 g/mol. The number of amides is 2. The Kier molecular flexibility index (Phi) is 3.88. The minimum atomic E-state index is -0.395. The number of fused-ring (bicyclic) bond motifs is 5. The van der Waals surface area contributed by atoms with E-state index in [1.54, 1.807) is 12.3 Å². The van der Waals surface area contributed by atoms with Crippen LogP contribution in [0, 0.1) is 0 Å². The summed E-state index contributed by atoms with van der Waals surface area (Å²) >= 11 is 0. The van der Waals surface area contributed by atoms with E-state index < -0.39 is 5.41 Å². The molecule has 1 N–H and O–H groups in total. The number of pyridine rings is 1. The highest BCUT2D eigenvalue weighted by Crippen LogP contribution is 2.50. The van der Waals surface area contributed by atoms with Crippen molar-refractivity contribution in [2.24, 2.45) is 7.05 Å². The fraction of sp³-hybridized carbons (Fsp3) is 0.320. The molecule has 0 radical (unpaired) electrons. The van der Waals surface area contributed by atoms with Crippen LogP contribution < -0.4 is 5.32 Å². The first kappa shape index (κ1) is 18.4. The largest absolute Gasteiger partial charge is 0.347 e. The van der Waals surface area contributed by atoms with Crippen LogP contribution in [0.4, 0.5) is 5.82 Å². The molecule has 156 valence electrons. The van der Waals surface area contributed by atoms with Gasteiger partial charge < -0.3 is 14.8 Å². The Morgan fingerprint density at radius 3 is 2.90 bits per heavy atom. The summed E-state index contributed by atoms with van der Waals surface area (Å²) in [6.45, 7) is 1.34. The van der Waals surface area contributed by atoms with Gasteiger partial charge in [-0.15, -0.1) is 0 Å². The predicted octanol–water partition coefficient (Wildman–Crippen LogP) is 3.55. The molecule has 6 rings (SSSR count). The van der Waals surface area contributed by atoms with E-state index in [0.29, 0.717) is 18.9 Å². The fourth-order valence-electron chi connectivity index (χ4n) is 5.40. The second-order valence-electron chi connectivity index (χ2n) is 8.90. The average molecular weight is 412 g/mol. The Labute approximate surface area is 180 Å².